The summed E-state index contributed by atoms with van der Waals surface area (Å²) in [6.07, 6.45) is 1.22. The summed E-state index contributed by atoms with van der Waals surface area (Å²) in [5.41, 5.74) is 2.05. The molecular weight excluding hydrogens is 446 g/mol. The van der Waals surface area contributed by atoms with E-state index in [0.29, 0.717) is 30.5 Å². The smallest absolute Gasteiger partial charge is 0.411 e. The summed E-state index contributed by atoms with van der Waals surface area (Å²) in [4.78, 5) is 33.8. The monoisotopic (exact) mass is 473 g/mol. The number of fused-ring (bicyclic) bond motifs is 2. The van der Waals surface area contributed by atoms with Crippen LogP contribution >= 0.6 is 11.6 Å². The van der Waals surface area contributed by atoms with Gasteiger partial charge in [-0.05, 0) is 39.0 Å². The minimum atomic E-state index is -0.814. The molecule has 176 valence electrons. The van der Waals surface area contributed by atoms with E-state index in [1.165, 1.54) is 12.0 Å². The topological polar surface area (TPSA) is 81.2 Å². The second-order valence-corrected chi connectivity index (χ2v) is 9.57. The van der Waals surface area contributed by atoms with Gasteiger partial charge in [-0.25, -0.2) is 9.59 Å². The molecule has 2 aliphatic heterocycles. The molecule has 1 aromatic heterocycles. The Bertz CT molecular complexity index is 1050. The molecule has 1 aromatic carbocycles. The summed E-state index contributed by atoms with van der Waals surface area (Å²) in [6.45, 7) is 6.83. The summed E-state index contributed by atoms with van der Waals surface area (Å²) in [7, 11) is 1.32. The standard InChI is InChI=1S/C24H28ClN3O5/c1-24(2,3)33-23(30)28-11-10-27(13-18(28)22(29)31-4)21-17-8-7-16(25)12-19(17)32-14-15-6-5-9-26-20(15)21/h5-9,12,18,21H,10-11,13-14H2,1-4H3/t18-,21-/m1/s1. The van der Waals surface area contributed by atoms with Crippen LogP contribution in [0.4, 0.5) is 4.79 Å². The fourth-order valence-electron chi connectivity index (χ4n) is 4.27. The molecule has 0 bridgehead atoms. The Labute approximate surface area is 198 Å². The minimum Gasteiger partial charge on any atom is -0.488 e. The van der Waals surface area contributed by atoms with Gasteiger partial charge in [-0.15, -0.1) is 0 Å². The van der Waals surface area contributed by atoms with Crippen molar-refractivity contribution in [3.63, 3.8) is 0 Å². The molecule has 33 heavy (non-hydrogen) atoms. The van der Waals surface area contributed by atoms with Crippen molar-refractivity contribution in [1.29, 1.82) is 0 Å². The quantitative estimate of drug-likeness (QED) is 0.613. The predicted octanol–water partition coefficient (Wildman–Crippen LogP) is 3.81. The molecule has 1 amide bonds. The van der Waals surface area contributed by atoms with Crippen LogP contribution in [0.2, 0.25) is 5.02 Å². The van der Waals surface area contributed by atoms with Gasteiger partial charge in [0.15, 0.2) is 0 Å². The zero-order valence-electron chi connectivity index (χ0n) is 19.2. The van der Waals surface area contributed by atoms with Crippen molar-refractivity contribution in [1.82, 2.24) is 14.8 Å². The third-order valence-electron chi connectivity index (χ3n) is 5.72. The number of piperazine rings is 1. The zero-order chi connectivity index (χ0) is 23.8. The number of rotatable bonds is 2. The van der Waals surface area contributed by atoms with E-state index in [2.05, 4.69) is 9.88 Å². The molecule has 0 spiro atoms. The van der Waals surface area contributed by atoms with Crippen molar-refractivity contribution in [3.05, 3.63) is 58.4 Å². The number of carbonyl (C=O) groups excluding carboxylic acids is 2. The Morgan fingerprint density at radius 1 is 1.21 bits per heavy atom. The van der Waals surface area contributed by atoms with Crippen LogP contribution in [-0.4, -0.2) is 65.2 Å². The van der Waals surface area contributed by atoms with Crippen LogP contribution in [0.1, 0.15) is 43.6 Å². The van der Waals surface area contributed by atoms with Gasteiger partial charge in [0.2, 0.25) is 0 Å². The van der Waals surface area contributed by atoms with E-state index in [0.717, 1.165) is 16.8 Å². The molecular formula is C24H28ClN3O5. The number of hydrogen-bond acceptors (Lipinski definition) is 7. The first kappa shape index (κ1) is 23.3. The van der Waals surface area contributed by atoms with Crippen molar-refractivity contribution < 1.29 is 23.8 Å². The van der Waals surface area contributed by atoms with E-state index >= 15 is 0 Å². The fourth-order valence-corrected chi connectivity index (χ4v) is 4.43. The Morgan fingerprint density at radius 3 is 2.73 bits per heavy atom. The van der Waals surface area contributed by atoms with Crippen LogP contribution < -0.4 is 4.74 Å². The van der Waals surface area contributed by atoms with Crippen molar-refractivity contribution in [2.75, 3.05) is 26.7 Å². The molecule has 3 heterocycles. The molecule has 1 saturated heterocycles. The van der Waals surface area contributed by atoms with Gasteiger partial charge in [0.1, 0.15) is 24.0 Å². The van der Waals surface area contributed by atoms with E-state index in [1.54, 1.807) is 33.0 Å². The Hall–Kier alpha value is -2.84. The average Bonchev–Trinajstić information content (AvgIpc) is 2.93. The highest BCUT2D eigenvalue weighted by Crippen LogP contribution is 2.40. The van der Waals surface area contributed by atoms with Crippen LogP contribution in [0.25, 0.3) is 0 Å². The predicted molar refractivity (Wildman–Crippen MR) is 122 cm³/mol. The van der Waals surface area contributed by atoms with Gasteiger partial charge < -0.3 is 14.2 Å². The summed E-state index contributed by atoms with van der Waals surface area (Å²) in [6, 6.07) is 8.32. The van der Waals surface area contributed by atoms with Gasteiger partial charge in [0.05, 0.1) is 18.8 Å². The molecule has 0 unspecified atom stereocenters. The zero-order valence-corrected chi connectivity index (χ0v) is 20.0. The number of nitrogens with zero attached hydrogens (tertiary/aromatic N) is 3. The molecule has 1 fully saturated rings. The summed E-state index contributed by atoms with van der Waals surface area (Å²) in [5.74, 6) is 0.183. The van der Waals surface area contributed by atoms with Crippen LogP contribution in [0, 0.1) is 0 Å². The average molecular weight is 474 g/mol. The lowest BCUT2D eigenvalue weighted by molar-refractivity contribution is -0.149. The maximum atomic E-state index is 12.8. The van der Waals surface area contributed by atoms with Crippen LogP contribution in [0.3, 0.4) is 0 Å². The minimum absolute atomic E-state index is 0.259. The number of methoxy groups -OCH3 is 1. The first-order valence-corrected chi connectivity index (χ1v) is 11.2. The van der Waals surface area contributed by atoms with E-state index in [-0.39, 0.29) is 12.6 Å². The molecule has 2 aliphatic rings. The maximum absolute atomic E-state index is 12.8. The SMILES string of the molecule is COC(=O)[C@H]1CN([C@@H]2c3ccc(Cl)cc3OCc3cccnc32)CCN1C(=O)OC(C)(C)C. The van der Waals surface area contributed by atoms with E-state index in [9.17, 15) is 9.59 Å². The Kier molecular flexibility index (Phi) is 6.50. The van der Waals surface area contributed by atoms with Crippen molar-refractivity contribution in [2.24, 2.45) is 0 Å². The number of esters is 1. The second kappa shape index (κ2) is 9.19. The van der Waals surface area contributed by atoms with Gasteiger partial charge in [-0.1, -0.05) is 23.7 Å². The molecule has 0 N–H and O–H groups in total. The number of benzene rings is 1. The number of pyridine rings is 1. The van der Waals surface area contributed by atoms with Crippen molar-refractivity contribution in [3.8, 4) is 5.75 Å². The molecule has 2 atom stereocenters. The van der Waals surface area contributed by atoms with Crippen LogP contribution in [0.5, 0.6) is 5.75 Å². The van der Waals surface area contributed by atoms with E-state index < -0.39 is 23.7 Å². The number of aromatic nitrogens is 1. The van der Waals surface area contributed by atoms with Gasteiger partial charge in [-0.2, -0.15) is 0 Å². The first-order valence-electron chi connectivity index (χ1n) is 10.9. The summed E-state index contributed by atoms with van der Waals surface area (Å²) in [5, 5.41) is 0.577. The lowest BCUT2D eigenvalue weighted by Gasteiger charge is -2.43. The Balaban J connectivity index is 1.71. The molecule has 0 saturated carbocycles. The lowest BCUT2D eigenvalue weighted by atomic mass is 9.96. The fraction of sp³-hybridized carbons (Fsp3) is 0.458. The van der Waals surface area contributed by atoms with Gasteiger partial charge in [0, 0.05) is 42.0 Å². The summed E-state index contributed by atoms with van der Waals surface area (Å²) >= 11 is 6.24. The molecule has 8 nitrogen and oxygen atoms in total. The molecule has 0 aliphatic carbocycles. The van der Waals surface area contributed by atoms with E-state index in [1.807, 2.05) is 24.3 Å². The highest BCUT2D eigenvalue weighted by atomic mass is 35.5. The highest BCUT2D eigenvalue weighted by molar-refractivity contribution is 6.30. The second-order valence-electron chi connectivity index (χ2n) is 9.13. The van der Waals surface area contributed by atoms with E-state index in [4.69, 9.17) is 25.8 Å². The third-order valence-corrected chi connectivity index (χ3v) is 5.95. The van der Waals surface area contributed by atoms with Gasteiger partial charge in [0.25, 0.3) is 0 Å². The molecule has 9 heteroatoms. The number of hydrogen-bond donors (Lipinski definition) is 0. The van der Waals surface area contributed by atoms with Gasteiger partial charge in [-0.3, -0.25) is 14.8 Å². The lowest BCUT2D eigenvalue weighted by Crippen LogP contribution is -2.59. The maximum Gasteiger partial charge on any atom is 0.411 e. The third kappa shape index (κ3) is 4.91. The number of carbonyl (C=O) groups is 2. The molecule has 0 radical (unpaired) electrons. The van der Waals surface area contributed by atoms with Crippen LogP contribution in [0.15, 0.2) is 36.5 Å². The number of amides is 1. The number of halogens is 1. The molecule has 4 rings (SSSR count). The highest BCUT2D eigenvalue weighted by Gasteiger charge is 2.42. The Morgan fingerprint density at radius 2 is 2.00 bits per heavy atom. The summed E-state index contributed by atoms with van der Waals surface area (Å²) < 4.78 is 16.6. The van der Waals surface area contributed by atoms with Crippen molar-refractivity contribution >= 4 is 23.7 Å². The normalized spacial score (nSPS) is 20.7. The molecule has 2 aromatic rings. The first-order chi connectivity index (χ1) is 15.7. The largest absolute Gasteiger partial charge is 0.488 e. The van der Waals surface area contributed by atoms with Gasteiger partial charge >= 0.3 is 12.1 Å². The van der Waals surface area contributed by atoms with Crippen LogP contribution in [-0.2, 0) is 20.9 Å². The van der Waals surface area contributed by atoms with Crippen molar-refractivity contribution in [2.45, 2.75) is 45.1 Å². The number of ether oxygens (including phenoxy) is 3.